The van der Waals surface area contributed by atoms with Gasteiger partial charge in [0.2, 0.25) is 5.91 Å². The number of unbranched alkanes of at least 4 members (excludes halogenated alkanes) is 1. The van der Waals surface area contributed by atoms with Gasteiger partial charge in [0.25, 0.3) is 0 Å². The van der Waals surface area contributed by atoms with Crippen molar-refractivity contribution < 1.29 is 14.7 Å². The molecule has 2 unspecified atom stereocenters. The molecule has 0 aromatic heterocycles. The van der Waals surface area contributed by atoms with Crippen molar-refractivity contribution in [1.29, 1.82) is 0 Å². The van der Waals surface area contributed by atoms with E-state index in [0.29, 0.717) is 19.4 Å². The zero-order chi connectivity index (χ0) is 14.0. The summed E-state index contributed by atoms with van der Waals surface area (Å²) in [6.45, 7) is 8.32. The van der Waals surface area contributed by atoms with Gasteiger partial charge in [-0.05, 0) is 31.6 Å². The predicted molar refractivity (Wildman–Crippen MR) is 70.2 cm³/mol. The monoisotopic (exact) mass is 255 g/mol. The van der Waals surface area contributed by atoms with Crippen LogP contribution in [0.5, 0.6) is 0 Å². The number of hydrogen-bond acceptors (Lipinski definition) is 2. The largest absolute Gasteiger partial charge is 0.481 e. The van der Waals surface area contributed by atoms with E-state index in [0.717, 1.165) is 12.8 Å². The molecule has 1 rings (SSSR count). The van der Waals surface area contributed by atoms with E-state index in [1.165, 1.54) is 0 Å². The second kappa shape index (κ2) is 5.29. The van der Waals surface area contributed by atoms with Gasteiger partial charge >= 0.3 is 5.97 Å². The standard InChI is InChI=1S/C14H25NO3/c1-5-6-9-15-11(16)10-7-8-14(4,12(17)18)13(10,2)3/h10H,5-9H2,1-4H3,(H,15,16)(H,17,18). The van der Waals surface area contributed by atoms with Gasteiger partial charge < -0.3 is 10.4 Å². The quantitative estimate of drug-likeness (QED) is 0.741. The van der Waals surface area contributed by atoms with Crippen molar-refractivity contribution in [2.45, 2.75) is 53.4 Å². The third-order valence-corrected chi connectivity index (χ3v) is 4.84. The lowest BCUT2D eigenvalue weighted by Gasteiger charge is -2.37. The van der Waals surface area contributed by atoms with Crippen LogP contribution in [0.2, 0.25) is 0 Å². The summed E-state index contributed by atoms with van der Waals surface area (Å²) in [5, 5.41) is 12.3. The molecule has 0 bridgehead atoms. The molecule has 2 N–H and O–H groups in total. The molecule has 0 saturated heterocycles. The fraction of sp³-hybridized carbons (Fsp3) is 0.857. The van der Waals surface area contributed by atoms with E-state index in [1.807, 2.05) is 13.8 Å². The molecular formula is C14H25NO3. The van der Waals surface area contributed by atoms with Crippen LogP contribution in [0.3, 0.4) is 0 Å². The fourth-order valence-corrected chi connectivity index (χ4v) is 2.85. The Kier molecular flexibility index (Phi) is 4.41. The average Bonchev–Trinajstić information content (AvgIpc) is 2.52. The first-order valence-electron chi connectivity index (χ1n) is 6.78. The van der Waals surface area contributed by atoms with E-state index in [9.17, 15) is 14.7 Å². The summed E-state index contributed by atoms with van der Waals surface area (Å²) in [6, 6.07) is 0. The van der Waals surface area contributed by atoms with Crippen LogP contribution in [-0.4, -0.2) is 23.5 Å². The van der Waals surface area contributed by atoms with Crippen molar-refractivity contribution >= 4 is 11.9 Å². The van der Waals surface area contributed by atoms with Crippen LogP contribution in [0.1, 0.15) is 53.4 Å². The average molecular weight is 255 g/mol. The molecule has 1 amide bonds. The van der Waals surface area contributed by atoms with Gasteiger partial charge in [-0.1, -0.05) is 27.2 Å². The molecule has 0 aliphatic heterocycles. The lowest BCUT2D eigenvalue weighted by Crippen LogP contribution is -2.45. The van der Waals surface area contributed by atoms with Crippen molar-refractivity contribution in [3.63, 3.8) is 0 Å². The van der Waals surface area contributed by atoms with Crippen LogP contribution in [0.15, 0.2) is 0 Å². The van der Waals surface area contributed by atoms with Gasteiger partial charge in [0.15, 0.2) is 0 Å². The van der Waals surface area contributed by atoms with Gasteiger partial charge in [-0.15, -0.1) is 0 Å². The topological polar surface area (TPSA) is 66.4 Å². The fourth-order valence-electron chi connectivity index (χ4n) is 2.85. The number of carbonyl (C=O) groups is 2. The highest BCUT2D eigenvalue weighted by atomic mass is 16.4. The summed E-state index contributed by atoms with van der Waals surface area (Å²) < 4.78 is 0. The lowest BCUT2D eigenvalue weighted by molar-refractivity contribution is -0.155. The number of hydrogen-bond donors (Lipinski definition) is 2. The number of rotatable bonds is 5. The molecule has 1 saturated carbocycles. The molecule has 1 fully saturated rings. The molecular weight excluding hydrogens is 230 g/mol. The molecule has 0 aromatic carbocycles. The number of carboxylic acids is 1. The Morgan fingerprint density at radius 2 is 1.94 bits per heavy atom. The van der Waals surface area contributed by atoms with Crippen molar-refractivity contribution in [2.75, 3.05) is 6.54 Å². The van der Waals surface area contributed by atoms with Gasteiger partial charge in [0.1, 0.15) is 0 Å². The first-order valence-corrected chi connectivity index (χ1v) is 6.78. The highest BCUT2D eigenvalue weighted by molar-refractivity contribution is 5.83. The van der Waals surface area contributed by atoms with Crippen molar-refractivity contribution in [3.8, 4) is 0 Å². The summed E-state index contributed by atoms with van der Waals surface area (Å²) in [5.74, 6) is -0.981. The summed E-state index contributed by atoms with van der Waals surface area (Å²) in [6.07, 6.45) is 3.24. The first-order chi connectivity index (χ1) is 8.27. The Hall–Kier alpha value is -1.06. The third-order valence-electron chi connectivity index (χ3n) is 4.84. The number of aliphatic carboxylic acids is 1. The number of carbonyl (C=O) groups excluding carboxylic acids is 1. The molecule has 2 atom stereocenters. The maximum Gasteiger partial charge on any atom is 0.309 e. The molecule has 0 spiro atoms. The van der Waals surface area contributed by atoms with E-state index >= 15 is 0 Å². The molecule has 4 heteroatoms. The van der Waals surface area contributed by atoms with Gasteiger partial charge in [-0.3, -0.25) is 9.59 Å². The van der Waals surface area contributed by atoms with Gasteiger partial charge in [0.05, 0.1) is 5.41 Å². The van der Waals surface area contributed by atoms with Gasteiger partial charge in [0, 0.05) is 12.5 Å². The number of nitrogens with one attached hydrogen (secondary N) is 1. The highest BCUT2D eigenvalue weighted by Gasteiger charge is 2.58. The lowest BCUT2D eigenvalue weighted by atomic mass is 9.65. The van der Waals surface area contributed by atoms with Crippen molar-refractivity contribution in [3.05, 3.63) is 0 Å². The Balaban J connectivity index is 2.75. The Morgan fingerprint density at radius 3 is 2.39 bits per heavy atom. The smallest absolute Gasteiger partial charge is 0.309 e. The van der Waals surface area contributed by atoms with E-state index < -0.39 is 16.8 Å². The molecule has 18 heavy (non-hydrogen) atoms. The molecule has 0 heterocycles. The zero-order valence-corrected chi connectivity index (χ0v) is 11.9. The van der Waals surface area contributed by atoms with Crippen LogP contribution in [0.25, 0.3) is 0 Å². The molecule has 1 aliphatic carbocycles. The Labute approximate surface area is 109 Å². The normalized spacial score (nSPS) is 30.1. The van der Waals surface area contributed by atoms with Crippen LogP contribution in [0, 0.1) is 16.7 Å². The molecule has 1 aliphatic rings. The molecule has 104 valence electrons. The van der Waals surface area contributed by atoms with Crippen LogP contribution >= 0.6 is 0 Å². The number of carboxylic acid groups (broad SMARTS) is 1. The van der Waals surface area contributed by atoms with Gasteiger partial charge in [-0.25, -0.2) is 0 Å². The second-order valence-electron chi connectivity index (χ2n) is 6.09. The minimum absolute atomic E-state index is 0.0124. The van der Waals surface area contributed by atoms with Crippen LogP contribution in [-0.2, 0) is 9.59 Å². The van der Waals surface area contributed by atoms with Crippen LogP contribution in [0.4, 0.5) is 0 Å². The second-order valence-corrected chi connectivity index (χ2v) is 6.09. The highest BCUT2D eigenvalue weighted by Crippen LogP contribution is 2.56. The van der Waals surface area contributed by atoms with E-state index in [2.05, 4.69) is 12.2 Å². The predicted octanol–water partition coefficient (Wildman–Crippen LogP) is 2.43. The van der Waals surface area contributed by atoms with E-state index in [-0.39, 0.29) is 11.8 Å². The third kappa shape index (κ3) is 2.38. The van der Waals surface area contributed by atoms with Crippen molar-refractivity contribution in [1.82, 2.24) is 5.32 Å². The van der Waals surface area contributed by atoms with Gasteiger partial charge in [-0.2, -0.15) is 0 Å². The summed E-state index contributed by atoms with van der Waals surface area (Å²) in [5.41, 5.74) is -1.31. The summed E-state index contributed by atoms with van der Waals surface area (Å²) in [4.78, 5) is 23.6. The molecule has 4 nitrogen and oxygen atoms in total. The Bertz CT molecular complexity index is 338. The van der Waals surface area contributed by atoms with Crippen molar-refractivity contribution in [2.24, 2.45) is 16.7 Å². The molecule has 0 radical (unpaired) electrons. The maximum atomic E-state index is 12.1. The Morgan fingerprint density at radius 1 is 1.33 bits per heavy atom. The first kappa shape index (κ1) is 15.0. The zero-order valence-electron chi connectivity index (χ0n) is 11.9. The maximum absolute atomic E-state index is 12.1. The summed E-state index contributed by atoms with van der Waals surface area (Å²) >= 11 is 0. The number of amides is 1. The van der Waals surface area contributed by atoms with Crippen LogP contribution < -0.4 is 5.32 Å². The summed E-state index contributed by atoms with van der Waals surface area (Å²) in [7, 11) is 0. The minimum Gasteiger partial charge on any atom is -0.481 e. The minimum atomic E-state index is -0.806. The molecule has 0 aromatic rings. The van der Waals surface area contributed by atoms with E-state index in [1.54, 1.807) is 6.92 Å². The van der Waals surface area contributed by atoms with E-state index in [4.69, 9.17) is 0 Å². The SMILES string of the molecule is CCCCNC(=O)C1CCC(C)(C(=O)O)C1(C)C.